The largest absolute Gasteiger partial charge is 0.497 e. The van der Waals surface area contributed by atoms with E-state index < -0.39 is 0 Å². The minimum Gasteiger partial charge on any atom is -0.497 e. The van der Waals surface area contributed by atoms with Crippen LogP contribution < -0.4 is 19.5 Å². The van der Waals surface area contributed by atoms with Gasteiger partial charge in [0.15, 0.2) is 0 Å². The van der Waals surface area contributed by atoms with E-state index in [1.165, 1.54) is 0 Å². The van der Waals surface area contributed by atoms with Crippen molar-refractivity contribution >= 4 is 5.69 Å². The molecule has 0 fully saturated rings. The third-order valence-corrected chi connectivity index (χ3v) is 3.55. The summed E-state index contributed by atoms with van der Waals surface area (Å²) in [5, 5.41) is 3.38. The average molecular weight is 301 g/mol. The van der Waals surface area contributed by atoms with Crippen LogP contribution in [0, 0.1) is 13.8 Å². The highest BCUT2D eigenvalue weighted by atomic mass is 16.5. The molecule has 0 saturated carbocycles. The molecule has 0 aliphatic rings. The summed E-state index contributed by atoms with van der Waals surface area (Å²) in [6.45, 7) is 5.40. The SMILES string of the molecule is COc1ccc(OCCNc2ccc(C)c(OC)c2C)cc1. The summed E-state index contributed by atoms with van der Waals surface area (Å²) in [4.78, 5) is 0. The number of benzene rings is 2. The Morgan fingerprint density at radius 2 is 1.55 bits per heavy atom. The fourth-order valence-corrected chi connectivity index (χ4v) is 2.36. The number of hydrogen-bond donors (Lipinski definition) is 1. The molecule has 0 atom stereocenters. The van der Waals surface area contributed by atoms with Crippen LogP contribution >= 0.6 is 0 Å². The standard InChI is InChI=1S/C18H23NO3/c1-13-5-10-17(14(2)18(13)21-4)19-11-12-22-16-8-6-15(20-3)7-9-16/h5-10,19H,11-12H2,1-4H3. The third-order valence-electron chi connectivity index (χ3n) is 3.55. The molecule has 118 valence electrons. The molecule has 0 aromatic heterocycles. The zero-order valence-corrected chi connectivity index (χ0v) is 13.6. The second-order valence-electron chi connectivity index (χ2n) is 5.04. The third kappa shape index (κ3) is 3.85. The van der Waals surface area contributed by atoms with Crippen molar-refractivity contribution < 1.29 is 14.2 Å². The van der Waals surface area contributed by atoms with Gasteiger partial charge >= 0.3 is 0 Å². The maximum atomic E-state index is 5.70. The molecule has 4 nitrogen and oxygen atoms in total. The summed E-state index contributed by atoms with van der Waals surface area (Å²) < 4.78 is 16.2. The van der Waals surface area contributed by atoms with Gasteiger partial charge in [-0.25, -0.2) is 0 Å². The summed E-state index contributed by atoms with van der Waals surface area (Å²) in [7, 11) is 3.35. The highest BCUT2D eigenvalue weighted by molar-refractivity contribution is 5.59. The van der Waals surface area contributed by atoms with Gasteiger partial charge in [0, 0.05) is 17.8 Å². The van der Waals surface area contributed by atoms with Gasteiger partial charge in [-0.05, 0) is 49.7 Å². The molecule has 0 radical (unpaired) electrons. The molecule has 2 rings (SSSR count). The summed E-state index contributed by atoms with van der Waals surface area (Å²) in [6, 6.07) is 11.7. The molecule has 0 aliphatic carbocycles. The van der Waals surface area contributed by atoms with Gasteiger partial charge in [-0.3, -0.25) is 0 Å². The molecule has 2 aromatic rings. The monoisotopic (exact) mass is 301 g/mol. The van der Waals surface area contributed by atoms with Crippen LogP contribution in [-0.2, 0) is 0 Å². The Morgan fingerprint density at radius 1 is 0.864 bits per heavy atom. The summed E-state index contributed by atoms with van der Waals surface area (Å²) in [5.41, 5.74) is 3.33. The Bertz CT molecular complexity index is 608. The van der Waals surface area contributed by atoms with Gasteiger partial charge < -0.3 is 19.5 Å². The Labute approximate surface area is 132 Å². The molecule has 0 saturated heterocycles. The number of rotatable bonds is 7. The van der Waals surface area contributed by atoms with Gasteiger partial charge in [0.25, 0.3) is 0 Å². The van der Waals surface area contributed by atoms with Crippen molar-refractivity contribution in [3.8, 4) is 17.2 Å². The predicted molar refractivity (Wildman–Crippen MR) is 89.4 cm³/mol. The lowest BCUT2D eigenvalue weighted by atomic mass is 10.1. The Kier molecular flexibility index (Phi) is 5.53. The normalized spacial score (nSPS) is 10.2. The van der Waals surface area contributed by atoms with Gasteiger partial charge in [-0.2, -0.15) is 0 Å². The number of hydrogen-bond acceptors (Lipinski definition) is 4. The second-order valence-corrected chi connectivity index (χ2v) is 5.04. The molecule has 0 amide bonds. The van der Waals surface area contributed by atoms with E-state index in [-0.39, 0.29) is 0 Å². The molecule has 0 bridgehead atoms. The van der Waals surface area contributed by atoms with Crippen molar-refractivity contribution in [2.45, 2.75) is 13.8 Å². The summed E-state index contributed by atoms with van der Waals surface area (Å²) in [5.74, 6) is 2.59. The number of aryl methyl sites for hydroxylation is 1. The van der Waals surface area contributed by atoms with Crippen molar-refractivity contribution in [3.63, 3.8) is 0 Å². The highest BCUT2D eigenvalue weighted by Gasteiger charge is 2.07. The van der Waals surface area contributed by atoms with Crippen molar-refractivity contribution in [3.05, 3.63) is 47.5 Å². The lowest BCUT2D eigenvalue weighted by molar-refractivity contribution is 0.331. The van der Waals surface area contributed by atoms with Crippen LogP contribution in [-0.4, -0.2) is 27.4 Å². The van der Waals surface area contributed by atoms with Crippen LogP contribution in [0.2, 0.25) is 0 Å². The van der Waals surface area contributed by atoms with E-state index in [1.807, 2.05) is 31.2 Å². The van der Waals surface area contributed by atoms with Gasteiger partial charge in [0.2, 0.25) is 0 Å². The van der Waals surface area contributed by atoms with Crippen LogP contribution in [0.3, 0.4) is 0 Å². The van der Waals surface area contributed by atoms with Gasteiger partial charge in [-0.15, -0.1) is 0 Å². The molecular formula is C18H23NO3. The Hall–Kier alpha value is -2.36. The maximum absolute atomic E-state index is 5.70. The second kappa shape index (κ2) is 7.59. The van der Waals surface area contributed by atoms with Crippen LogP contribution in [0.1, 0.15) is 11.1 Å². The minimum absolute atomic E-state index is 0.585. The first-order chi connectivity index (χ1) is 10.7. The lowest BCUT2D eigenvalue weighted by Crippen LogP contribution is -2.12. The van der Waals surface area contributed by atoms with E-state index in [1.54, 1.807) is 14.2 Å². The van der Waals surface area contributed by atoms with Gasteiger partial charge in [-0.1, -0.05) is 6.07 Å². The lowest BCUT2D eigenvalue weighted by Gasteiger charge is -2.15. The molecule has 2 aromatic carbocycles. The van der Waals surface area contributed by atoms with Crippen LogP contribution in [0.25, 0.3) is 0 Å². The van der Waals surface area contributed by atoms with Crippen molar-refractivity contribution in [2.24, 2.45) is 0 Å². The first-order valence-electron chi connectivity index (χ1n) is 7.30. The topological polar surface area (TPSA) is 39.7 Å². The quantitative estimate of drug-likeness (QED) is 0.789. The number of methoxy groups -OCH3 is 2. The fourth-order valence-electron chi connectivity index (χ4n) is 2.36. The van der Waals surface area contributed by atoms with Gasteiger partial charge in [0.05, 0.1) is 14.2 Å². The number of nitrogens with one attached hydrogen (secondary N) is 1. The van der Waals surface area contributed by atoms with Crippen molar-refractivity contribution in [1.29, 1.82) is 0 Å². The van der Waals surface area contributed by atoms with Crippen LogP contribution in [0.4, 0.5) is 5.69 Å². The van der Waals surface area contributed by atoms with Crippen LogP contribution in [0.5, 0.6) is 17.2 Å². The number of anilines is 1. The first kappa shape index (κ1) is 16.0. The van der Waals surface area contributed by atoms with Crippen molar-refractivity contribution in [1.82, 2.24) is 0 Å². The van der Waals surface area contributed by atoms with E-state index in [2.05, 4.69) is 24.4 Å². The van der Waals surface area contributed by atoms with Crippen LogP contribution in [0.15, 0.2) is 36.4 Å². The van der Waals surface area contributed by atoms with E-state index in [0.717, 1.165) is 40.6 Å². The number of ether oxygens (including phenoxy) is 3. The highest BCUT2D eigenvalue weighted by Crippen LogP contribution is 2.29. The zero-order chi connectivity index (χ0) is 15.9. The Morgan fingerprint density at radius 3 is 2.18 bits per heavy atom. The molecule has 4 heteroatoms. The van der Waals surface area contributed by atoms with E-state index in [9.17, 15) is 0 Å². The fraction of sp³-hybridized carbons (Fsp3) is 0.333. The molecule has 22 heavy (non-hydrogen) atoms. The maximum Gasteiger partial charge on any atom is 0.126 e. The van der Waals surface area contributed by atoms with Crippen molar-refractivity contribution in [2.75, 3.05) is 32.7 Å². The predicted octanol–water partition coefficient (Wildman–Crippen LogP) is 3.81. The van der Waals surface area contributed by atoms with Gasteiger partial charge in [0.1, 0.15) is 23.9 Å². The Balaban J connectivity index is 1.86. The molecular weight excluding hydrogens is 278 g/mol. The molecule has 1 N–H and O–H groups in total. The molecule has 0 unspecified atom stereocenters. The molecule has 0 aliphatic heterocycles. The summed E-state index contributed by atoms with van der Waals surface area (Å²) >= 11 is 0. The van der Waals surface area contributed by atoms with E-state index in [4.69, 9.17) is 14.2 Å². The smallest absolute Gasteiger partial charge is 0.126 e. The summed E-state index contributed by atoms with van der Waals surface area (Å²) in [6.07, 6.45) is 0. The van der Waals surface area contributed by atoms with E-state index >= 15 is 0 Å². The molecule has 0 spiro atoms. The first-order valence-corrected chi connectivity index (χ1v) is 7.30. The minimum atomic E-state index is 0.585. The average Bonchev–Trinajstić information content (AvgIpc) is 2.54. The zero-order valence-electron chi connectivity index (χ0n) is 13.6. The molecule has 0 heterocycles. The van der Waals surface area contributed by atoms with E-state index in [0.29, 0.717) is 6.61 Å².